The zero-order chi connectivity index (χ0) is 19.2. The van der Waals surface area contributed by atoms with E-state index in [4.69, 9.17) is 9.47 Å². The normalized spacial score (nSPS) is 11.7. The van der Waals surface area contributed by atoms with Crippen molar-refractivity contribution in [1.29, 1.82) is 0 Å². The highest BCUT2D eigenvalue weighted by molar-refractivity contribution is 9.10. The van der Waals surface area contributed by atoms with Gasteiger partial charge in [-0.25, -0.2) is 4.68 Å². The quantitative estimate of drug-likeness (QED) is 0.621. The standard InChI is InChI=1S/C20H20BrN3O3/c1-14(19(25)22-12-15-8-10-17(26-2)11-9-15)27-20-18(21)13-24(23-20)16-6-4-3-5-7-16/h3-11,13-14H,12H2,1-2H3,(H,22,25)/t14-/m0/s1. The Morgan fingerprint density at radius 3 is 2.56 bits per heavy atom. The van der Waals surface area contributed by atoms with E-state index in [0.29, 0.717) is 16.9 Å². The van der Waals surface area contributed by atoms with E-state index in [1.54, 1.807) is 24.9 Å². The number of benzene rings is 2. The van der Waals surface area contributed by atoms with Gasteiger partial charge in [0.05, 0.1) is 17.3 Å². The zero-order valence-corrected chi connectivity index (χ0v) is 16.6. The number of rotatable bonds is 7. The predicted molar refractivity (Wildman–Crippen MR) is 106 cm³/mol. The van der Waals surface area contributed by atoms with Crippen molar-refractivity contribution < 1.29 is 14.3 Å². The Morgan fingerprint density at radius 1 is 1.19 bits per heavy atom. The molecule has 6 nitrogen and oxygen atoms in total. The van der Waals surface area contributed by atoms with Gasteiger partial charge in [0.15, 0.2) is 6.10 Å². The second kappa shape index (κ2) is 8.73. The van der Waals surface area contributed by atoms with Gasteiger partial charge in [-0.05, 0) is 52.7 Å². The van der Waals surface area contributed by atoms with Crippen LogP contribution in [-0.2, 0) is 11.3 Å². The number of halogens is 1. The maximum atomic E-state index is 12.3. The predicted octanol–water partition coefficient (Wildman–Crippen LogP) is 3.73. The molecule has 0 saturated carbocycles. The number of aromatic nitrogens is 2. The van der Waals surface area contributed by atoms with Crippen molar-refractivity contribution in [1.82, 2.24) is 15.1 Å². The molecule has 140 valence electrons. The number of amides is 1. The van der Waals surface area contributed by atoms with Gasteiger partial charge in [0.2, 0.25) is 5.88 Å². The lowest BCUT2D eigenvalue weighted by atomic mass is 10.2. The van der Waals surface area contributed by atoms with Gasteiger partial charge in [-0.2, -0.15) is 0 Å². The molecule has 0 bridgehead atoms. The number of ether oxygens (including phenoxy) is 2. The van der Waals surface area contributed by atoms with Crippen molar-refractivity contribution >= 4 is 21.8 Å². The molecule has 0 aliphatic heterocycles. The Balaban J connectivity index is 1.58. The van der Waals surface area contributed by atoms with Crippen LogP contribution < -0.4 is 14.8 Å². The average Bonchev–Trinajstić information content (AvgIpc) is 3.07. The van der Waals surface area contributed by atoms with Crippen LogP contribution in [0.25, 0.3) is 5.69 Å². The second-order valence-corrected chi connectivity index (χ2v) is 6.74. The monoisotopic (exact) mass is 429 g/mol. The summed E-state index contributed by atoms with van der Waals surface area (Å²) >= 11 is 3.43. The molecule has 1 N–H and O–H groups in total. The molecule has 1 heterocycles. The molecule has 0 unspecified atom stereocenters. The van der Waals surface area contributed by atoms with Gasteiger partial charge < -0.3 is 14.8 Å². The number of nitrogens with zero attached hydrogens (tertiary/aromatic N) is 2. The zero-order valence-electron chi connectivity index (χ0n) is 15.1. The summed E-state index contributed by atoms with van der Waals surface area (Å²) in [5.41, 5.74) is 1.88. The van der Waals surface area contributed by atoms with E-state index < -0.39 is 6.10 Å². The third-order valence-corrected chi connectivity index (χ3v) is 4.49. The summed E-state index contributed by atoms with van der Waals surface area (Å²) in [7, 11) is 1.62. The molecule has 1 atom stereocenters. The lowest BCUT2D eigenvalue weighted by Gasteiger charge is -2.13. The van der Waals surface area contributed by atoms with E-state index in [-0.39, 0.29) is 5.91 Å². The van der Waals surface area contributed by atoms with Gasteiger partial charge in [-0.3, -0.25) is 4.79 Å². The van der Waals surface area contributed by atoms with Crippen molar-refractivity contribution in [3.8, 4) is 17.3 Å². The second-order valence-electron chi connectivity index (χ2n) is 5.89. The number of carbonyl (C=O) groups is 1. The molecule has 0 aliphatic rings. The maximum absolute atomic E-state index is 12.3. The highest BCUT2D eigenvalue weighted by atomic mass is 79.9. The van der Waals surface area contributed by atoms with E-state index in [1.165, 1.54) is 0 Å². The van der Waals surface area contributed by atoms with Crippen molar-refractivity contribution in [2.24, 2.45) is 0 Å². The van der Waals surface area contributed by atoms with Crippen LogP contribution in [0.4, 0.5) is 0 Å². The molecule has 3 aromatic rings. The van der Waals surface area contributed by atoms with Crippen LogP contribution in [0.15, 0.2) is 65.3 Å². The van der Waals surface area contributed by atoms with Gasteiger partial charge in [0, 0.05) is 12.7 Å². The van der Waals surface area contributed by atoms with Crippen LogP contribution in [0.5, 0.6) is 11.6 Å². The fourth-order valence-electron chi connectivity index (χ4n) is 2.43. The van der Waals surface area contributed by atoms with Gasteiger partial charge >= 0.3 is 0 Å². The van der Waals surface area contributed by atoms with Crippen LogP contribution in [0.2, 0.25) is 0 Å². The number of para-hydroxylation sites is 1. The van der Waals surface area contributed by atoms with Gasteiger partial charge in [-0.15, -0.1) is 5.10 Å². The summed E-state index contributed by atoms with van der Waals surface area (Å²) in [6, 6.07) is 17.2. The highest BCUT2D eigenvalue weighted by Gasteiger charge is 2.18. The average molecular weight is 430 g/mol. The molecule has 3 rings (SSSR count). The Morgan fingerprint density at radius 2 is 1.89 bits per heavy atom. The molecule has 2 aromatic carbocycles. The molecule has 0 spiro atoms. The minimum absolute atomic E-state index is 0.216. The van der Waals surface area contributed by atoms with Crippen LogP contribution in [-0.4, -0.2) is 28.9 Å². The Labute approximate surface area is 166 Å². The molecular formula is C20H20BrN3O3. The van der Waals surface area contributed by atoms with E-state index in [1.807, 2.05) is 54.6 Å². The summed E-state index contributed by atoms with van der Waals surface area (Å²) in [6.45, 7) is 2.10. The van der Waals surface area contributed by atoms with Crippen LogP contribution >= 0.6 is 15.9 Å². The Hall–Kier alpha value is -2.80. The molecule has 27 heavy (non-hydrogen) atoms. The van der Waals surface area contributed by atoms with Gasteiger partial charge in [0.25, 0.3) is 5.91 Å². The van der Waals surface area contributed by atoms with Crippen molar-refractivity contribution in [3.05, 3.63) is 70.8 Å². The Bertz CT molecular complexity index is 895. The van der Waals surface area contributed by atoms with Gasteiger partial charge in [-0.1, -0.05) is 30.3 Å². The first-order chi connectivity index (χ1) is 13.1. The van der Waals surface area contributed by atoms with E-state index in [9.17, 15) is 4.79 Å². The van der Waals surface area contributed by atoms with Gasteiger partial charge in [0.1, 0.15) is 5.75 Å². The first kappa shape index (κ1) is 19.0. The summed E-state index contributed by atoms with van der Waals surface area (Å²) in [5, 5.41) is 7.25. The molecule has 0 fully saturated rings. The molecule has 7 heteroatoms. The lowest BCUT2D eigenvalue weighted by Crippen LogP contribution is -2.36. The third kappa shape index (κ3) is 4.89. The van der Waals surface area contributed by atoms with E-state index >= 15 is 0 Å². The summed E-state index contributed by atoms with van der Waals surface area (Å²) < 4.78 is 13.2. The molecule has 0 aliphatic carbocycles. The fourth-order valence-corrected chi connectivity index (χ4v) is 2.79. The van der Waals surface area contributed by atoms with Crippen molar-refractivity contribution in [3.63, 3.8) is 0 Å². The Kier molecular flexibility index (Phi) is 6.13. The summed E-state index contributed by atoms with van der Waals surface area (Å²) in [4.78, 5) is 12.3. The summed E-state index contributed by atoms with van der Waals surface area (Å²) in [6.07, 6.45) is 1.12. The molecule has 0 radical (unpaired) electrons. The lowest BCUT2D eigenvalue weighted by molar-refractivity contribution is -0.127. The van der Waals surface area contributed by atoms with Crippen LogP contribution in [0, 0.1) is 0 Å². The highest BCUT2D eigenvalue weighted by Crippen LogP contribution is 2.25. The van der Waals surface area contributed by atoms with Crippen molar-refractivity contribution in [2.75, 3.05) is 7.11 Å². The fraction of sp³-hybridized carbons (Fsp3) is 0.200. The maximum Gasteiger partial charge on any atom is 0.261 e. The van der Waals surface area contributed by atoms with E-state index in [0.717, 1.165) is 17.0 Å². The number of carbonyl (C=O) groups excluding carboxylic acids is 1. The first-order valence-electron chi connectivity index (χ1n) is 8.44. The van der Waals surface area contributed by atoms with Crippen molar-refractivity contribution in [2.45, 2.75) is 19.6 Å². The van der Waals surface area contributed by atoms with E-state index in [2.05, 4.69) is 26.3 Å². The smallest absolute Gasteiger partial charge is 0.261 e. The SMILES string of the molecule is COc1ccc(CNC(=O)[C@H](C)Oc2nn(-c3ccccc3)cc2Br)cc1. The van der Waals surface area contributed by atoms with Crippen LogP contribution in [0.3, 0.4) is 0 Å². The molecule has 1 amide bonds. The minimum Gasteiger partial charge on any atom is -0.497 e. The van der Waals surface area contributed by atoms with Crippen LogP contribution in [0.1, 0.15) is 12.5 Å². The number of hydrogen-bond acceptors (Lipinski definition) is 4. The molecule has 1 aromatic heterocycles. The largest absolute Gasteiger partial charge is 0.497 e. The topological polar surface area (TPSA) is 65.4 Å². The number of methoxy groups -OCH3 is 1. The number of hydrogen-bond donors (Lipinski definition) is 1. The molecule has 0 saturated heterocycles. The minimum atomic E-state index is -0.682. The number of nitrogens with one attached hydrogen (secondary N) is 1. The third-order valence-electron chi connectivity index (χ3n) is 3.94. The summed E-state index contributed by atoms with van der Waals surface area (Å²) in [5.74, 6) is 0.929. The first-order valence-corrected chi connectivity index (χ1v) is 9.24. The molecular weight excluding hydrogens is 410 g/mol.